The van der Waals surface area contributed by atoms with E-state index in [9.17, 15) is 9.59 Å². The molecule has 0 bridgehead atoms. The van der Waals surface area contributed by atoms with Gasteiger partial charge in [0.25, 0.3) is 0 Å². The van der Waals surface area contributed by atoms with E-state index in [1.165, 1.54) is 4.90 Å². The summed E-state index contributed by atoms with van der Waals surface area (Å²) in [5.41, 5.74) is 1.22. The lowest BCUT2D eigenvalue weighted by Gasteiger charge is -2.25. The summed E-state index contributed by atoms with van der Waals surface area (Å²) in [6, 6.07) is 9.44. The summed E-state index contributed by atoms with van der Waals surface area (Å²) in [5, 5.41) is 0. The van der Waals surface area contributed by atoms with E-state index in [-0.39, 0.29) is 23.3 Å². The minimum Gasteiger partial charge on any atom is -0.381 e. The van der Waals surface area contributed by atoms with Crippen LogP contribution in [0.25, 0.3) is 0 Å². The Hall–Kier alpha value is -1.72. The van der Waals surface area contributed by atoms with Crippen molar-refractivity contribution in [2.45, 2.75) is 31.8 Å². The van der Waals surface area contributed by atoms with Gasteiger partial charge in [-0.3, -0.25) is 19.4 Å². The Morgan fingerprint density at radius 2 is 2.00 bits per heavy atom. The van der Waals surface area contributed by atoms with Crippen molar-refractivity contribution in [3.8, 4) is 0 Å². The van der Waals surface area contributed by atoms with Crippen LogP contribution in [0.3, 0.4) is 0 Å². The molecule has 23 heavy (non-hydrogen) atoms. The van der Waals surface area contributed by atoms with Crippen molar-refractivity contribution >= 4 is 11.8 Å². The molecule has 1 aromatic carbocycles. The van der Waals surface area contributed by atoms with Crippen molar-refractivity contribution in [1.82, 2.24) is 9.80 Å². The first kappa shape index (κ1) is 14.8. The van der Waals surface area contributed by atoms with Gasteiger partial charge in [-0.1, -0.05) is 30.3 Å². The number of hydrogen-bond acceptors (Lipinski definition) is 4. The number of rotatable bonds is 3. The van der Waals surface area contributed by atoms with Gasteiger partial charge < -0.3 is 4.74 Å². The fourth-order valence-corrected chi connectivity index (χ4v) is 4.09. The second-order valence-electron chi connectivity index (χ2n) is 7.05. The number of benzene rings is 1. The molecule has 5 heteroatoms. The molecule has 5 nitrogen and oxygen atoms in total. The third kappa shape index (κ3) is 2.68. The van der Waals surface area contributed by atoms with Crippen LogP contribution < -0.4 is 0 Å². The maximum Gasteiger partial charge on any atom is 0.247 e. The summed E-state index contributed by atoms with van der Waals surface area (Å²) in [7, 11) is 0. The fourth-order valence-electron chi connectivity index (χ4n) is 4.09. The summed E-state index contributed by atoms with van der Waals surface area (Å²) in [4.78, 5) is 28.7. The van der Waals surface area contributed by atoms with Gasteiger partial charge in [-0.25, -0.2) is 0 Å². The molecule has 0 aliphatic carbocycles. The number of amides is 2. The van der Waals surface area contributed by atoms with Crippen LogP contribution in [0, 0.1) is 5.41 Å². The molecule has 2 atom stereocenters. The van der Waals surface area contributed by atoms with Gasteiger partial charge in [0, 0.05) is 18.6 Å². The van der Waals surface area contributed by atoms with E-state index in [4.69, 9.17) is 4.74 Å². The fraction of sp³-hybridized carbons (Fsp3) is 0.556. The lowest BCUT2D eigenvalue weighted by atomic mass is 9.87. The highest BCUT2D eigenvalue weighted by Gasteiger charge is 2.48. The molecule has 0 saturated carbocycles. The average molecular weight is 314 g/mol. The Kier molecular flexibility index (Phi) is 3.70. The highest BCUT2D eigenvalue weighted by Crippen LogP contribution is 2.40. The van der Waals surface area contributed by atoms with E-state index in [0.29, 0.717) is 13.0 Å². The molecule has 122 valence electrons. The van der Waals surface area contributed by atoms with Crippen LogP contribution in [-0.4, -0.2) is 54.0 Å². The quantitative estimate of drug-likeness (QED) is 0.792. The van der Waals surface area contributed by atoms with Crippen molar-refractivity contribution in [2.75, 3.05) is 26.3 Å². The first-order valence-corrected chi connectivity index (χ1v) is 8.37. The molecular formula is C18H22N2O3. The molecule has 0 radical (unpaired) electrons. The van der Waals surface area contributed by atoms with Crippen molar-refractivity contribution in [1.29, 1.82) is 0 Å². The molecule has 3 saturated heterocycles. The maximum absolute atomic E-state index is 12.7. The lowest BCUT2D eigenvalue weighted by molar-refractivity contribution is -0.140. The average Bonchev–Trinajstić information content (AvgIpc) is 3.26. The molecule has 3 heterocycles. The molecule has 4 rings (SSSR count). The van der Waals surface area contributed by atoms with E-state index < -0.39 is 0 Å². The van der Waals surface area contributed by atoms with Gasteiger partial charge >= 0.3 is 0 Å². The predicted molar refractivity (Wildman–Crippen MR) is 84.5 cm³/mol. The van der Waals surface area contributed by atoms with Crippen LogP contribution in [0.1, 0.15) is 24.8 Å². The molecule has 0 unspecified atom stereocenters. The Morgan fingerprint density at radius 3 is 2.74 bits per heavy atom. The Bertz CT molecular complexity index is 610. The largest absolute Gasteiger partial charge is 0.381 e. The first-order valence-electron chi connectivity index (χ1n) is 8.37. The van der Waals surface area contributed by atoms with Crippen LogP contribution >= 0.6 is 0 Å². The third-order valence-corrected chi connectivity index (χ3v) is 5.50. The number of carbonyl (C=O) groups is 2. The molecule has 3 fully saturated rings. The number of ether oxygens (including phenoxy) is 1. The standard InChI is InChI=1S/C18H22N2O3/c21-16-10-15(19-8-6-18(12-19)7-9-23-13-18)17(22)20(16)11-14-4-2-1-3-5-14/h1-5,15H,6-13H2/t15-,18-/m1/s1. The van der Waals surface area contributed by atoms with Crippen LogP contribution in [0.5, 0.6) is 0 Å². The Balaban J connectivity index is 1.45. The second-order valence-corrected chi connectivity index (χ2v) is 7.05. The molecule has 3 aliphatic heterocycles. The number of likely N-dealkylation sites (tertiary alicyclic amines) is 2. The zero-order chi connectivity index (χ0) is 15.9. The van der Waals surface area contributed by atoms with E-state index in [2.05, 4.69) is 4.90 Å². The Labute approximate surface area is 136 Å². The number of carbonyl (C=O) groups excluding carboxylic acids is 2. The Morgan fingerprint density at radius 1 is 1.17 bits per heavy atom. The minimum atomic E-state index is -0.272. The summed E-state index contributed by atoms with van der Waals surface area (Å²) >= 11 is 0. The number of imide groups is 1. The number of hydrogen-bond donors (Lipinski definition) is 0. The lowest BCUT2D eigenvalue weighted by Crippen LogP contribution is -2.41. The highest BCUT2D eigenvalue weighted by molar-refractivity contribution is 6.05. The van der Waals surface area contributed by atoms with E-state index in [1.54, 1.807) is 0 Å². The van der Waals surface area contributed by atoms with E-state index in [1.807, 2.05) is 30.3 Å². The van der Waals surface area contributed by atoms with Crippen molar-refractivity contribution in [3.05, 3.63) is 35.9 Å². The van der Waals surface area contributed by atoms with Crippen LogP contribution in [0.15, 0.2) is 30.3 Å². The minimum absolute atomic E-state index is 0.0326. The zero-order valence-electron chi connectivity index (χ0n) is 13.2. The molecule has 1 spiro atoms. The van der Waals surface area contributed by atoms with Gasteiger partial charge in [-0.05, 0) is 24.9 Å². The summed E-state index contributed by atoms with van der Waals surface area (Å²) < 4.78 is 5.55. The van der Waals surface area contributed by atoms with Gasteiger partial charge in [-0.15, -0.1) is 0 Å². The van der Waals surface area contributed by atoms with Crippen LogP contribution in [0.2, 0.25) is 0 Å². The molecular weight excluding hydrogens is 292 g/mol. The smallest absolute Gasteiger partial charge is 0.247 e. The maximum atomic E-state index is 12.7. The topological polar surface area (TPSA) is 49.9 Å². The van der Waals surface area contributed by atoms with E-state index in [0.717, 1.165) is 44.7 Å². The van der Waals surface area contributed by atoms with Crippen LogP contribution in [-0.2, 0) is 20.9 Å². The second kappa shape index (κ2) is 5.73. The van der Waals surface area contributed by atoms with E-state index >= 15 is 0 Å². The highest BCUT2D eigenvalue weighted by atomic mass is 16.5. The summed E-state index contributed by atoms with van der Waals surface area (Å²) in [6.45, 7) is 3.79. The zero-order valence-corrected chi connectivity index (χ0v) is 13.2. The summed E-state index contributed by atoms with van der Waals surface area (Å²) in [5.74, 6) is -0.0812. The molecule has 0 aromatic heterocycles. The third-order valence-electron chi connectivity index (χ3n) is 5.50. The normalized spacial score (nSPS) is 31.7. The predicted octanol–water partition coefficient (Wildman–Crippen LogP) is 1.43. The molecule has 1 aromatic rings. The number of nitrogens with zero attached hydrogens (tertiary/aromatic N) is 2. The van der Waals surface area contributed by atoms with Crippen molar-refractivity contribution in [2.24, 2.45) is 5.41 Å². The van der Waals surface area contributed by atoms with Gasteiger partial charge in [0.1, 0.15) is 0 Å². The summed E-state index contributed by atoms with van der Waals surface area (Å²) in [6.07, 6.45) is 2.47. The molecule has 2 amide bonds. The SMILES string of the molecule is O=C1C[C@@H](N2CC[C@@]3(CCOC3)C2)C(=O)N1Cc1ccccc1. The first-order chi connectivity index (χ1) is 11.2. The molecule has 3 aliphatic rings. The van der Waals surface area contributed by atoms with Crippen LogP contribution in [0.4, 0.5) is 0 Å². The van der Waals surface area contributed by atoms with Gasteiger partial charge in [-0.2, -0.15) is 0 Å². The van der Waals surface area contributed by atoms with Gasteiger partial charge in [0.05, 0.1) is 25.6 Å². The monoisotopic (exact) mass is 314 g/mol. The van der Waals surface area contributed by atoms with Crippen molar-refractivity contribution < 1.29 is 14.3 Å². The molecule has 0 N–H and O–H groups in total. The van der Waals surface area contributed by atoms with Gasteiger partial charge in [0.2, 0.25) is 11.8 Å². The van der Waals surface area contributed by atoms with Crippen molar-refractivity contribution in [3.63, 3.8) is 0 Å². The van der Waals surface area contributed by atoms with Gasteiger partial charge in [0.15, 0.2) is 0 Å².